The molecule has 3 nitrogen and oxygen atoms in total. The first-order chi connectivity index (χ1) is 9.22. The van der Waals surface area contributed by atoms with Gasteiger partial charge in [-0.05, 0) is 35.6 Å². The summed E-state index contributed by atoms with van der Waals surface area (Å²) in [6, 6.07) is 8.44. The topological polar surface area (TPSA) is 42.1 Å². The van der Waals surface area contributed by atoms with Crippen molar-refractivity contribution in [2.45, 2.75) is 32.9 Å². The molecule has 0 saturated carbocycles. The molecule has 0 aliphatic heterocycles. The molecule has 19 heavy (non-hydrogen) atoms. The summed E-state index contributed by atoms with van der Waals surface area (Å²) in [7, 11) is 2.08. The second-order valence-corrected chi connectivity index (χ2v) is 5.75. The molecule has 2 aromatic heterocycles. The van der Waals surface area contributed by atoms with E-state index in [1.54, 1.807) is 11.3 Å². The molecule has 0 bridgehead atoms. The largest absolute Gasteiger partial charge is 0.355 e. The molecule has 0 aliphatic carbocycles. The van der Waals surface area contributed by atoms with Crippen LogP contribution in [-0.2, 0) is 19.5 Å². The fourth-order valence-corrected chi connectivity index (χ4v) is 2.81. The van der Waals surface area contributed by atoms with Gasteiger partial charge in [0, 0.05) is 24.2 Å². The fourth-order valence-electron chi connectivity index (χ4n) is 2.05. The first-order valence-corrected chi connectivity index (χ1v) is 7.54. The Kier molecular flexibility index (Phi) is 4.93. The zero-order valence-corrected chi connectivity index (χ0v) is 12.4. The summed E-state index contributed by atoms with van der Waals surface area (Å²) in [5.41, 5.74) is 8.07. The third-order valence-electron chi connectivity index (χ3n) is 3.03. The maximum atomic E-state index is 5.78. The van der Waals surface area contributed by atoms with Gasteiger partial charge in [0.1, 0.15) is 5.82 Å². The zero-order chi connectivity index (χ0) is 13.7. The number of aromatic nitrogens is 1. The minimum Gasteiger partial charge on any atom is -0.355 e. The first-order valence-electron chi connectivity index (χ1n) is 6.66. The molecule has 102 valence electrons. The molecular weight excluding hydrogens is 254 g/mol. The molecule has 2 rings (SSSR count). The number of pyridine rings is 1. The van der Waals surface area contributed by atoms with Crippen LogP contribution in [0.25, 0.3) is 0 Å². The molecule has 0 saturated heterocycles. The van der Waals surface area contributed by atoms with Gasteiger partial charge in [-0.15, -0.1) is 11.3 Å². The average molecular weight is 275 g/mol. The monoisotopic (exact) mass is 275 g/mol. The van der Waals surface area contributed by atoms with Gasteiger partial charge in [0.2, 0.25) is 0 Å². The van der Waals surface area contributed by atoms with Crippen LogP contribution in [0.5, 0.6) is 0 Å². The lowest BCUT2D eigenvalue weighted by atomic mass is 10.1. The Morgan fingerprint density at radius 2 is 2.21 bits per heavy atom. The van der Waals surface area contributed by atoms with Crippen LogP contribution in [-0.4, -0.2) is 12.0 Å². The minimum absolute atomic E-state index is 0.569. The highest BCUT2D eigenvalue weighted by Gasteiger charge is 2.07. The average Bonchev–Trinajstić information content (AvgIpc) is 2.91. The molecular formula is C15H21N3S. The van der Waals surface area contributed by atoms with E-state index in [0.29, 0.717) is 6.54 Å². The van der Waals surface area contributed by atoms with Gasteiger partial charge in [-0.1, -0.05) is 19.4 Å². The number of thiophene rings is 1. The molecule has 0 amide bonds. The smallest absolute Gasteiger partial charge is 0.129 e. The lowest BCUT2D eigenvalue weighted by Gasteiger charge is -2.19. The van der Waals surface area contributed by atoms with Crippen molar-refractivity contribution in [3.05, 3.63) is 45.8 Å². The van der Waals surface area contributed by atoms with Gasteiger partial charge in [-0.3, -0.25) is 0 Å². The number of anilines is 1. The lowest BCUT2D eigenvalue weighted by Crippen LogP contribution is -2.18. The SMILES string of the molecule is CCCc1cc(CN)cc(N(C)Cc2cccs2)n1. The predicted molar refractivity (Wildman–Crippen MR) is 82.5 cm³/mol. The molecule has 0 radical (unpaired) electrons. The number of nitrogens with zero attached hydrogens (tertiary/aromatic N) is 2. The van der Waals surface area contributed by atoms with Crippen LogP contribution in [0, 0.1) is 0 Å². The Bertz CT molecular complexity index is 508. The normalized spacial score (nSPS) is 10.7. The van der Waals surface area contributed by atoms with Crippen molar-refractivity contribution >= 4 is 17.2 Å². The fraction of sp³-hybridized carbons (Fsp3) is 0.400. The molecule has 0 fully saturated rings. The van der Waals surface area contributed by atoms with Crippen LogP contribution in [0.2, 0.25) is 0 Å². The Morgan fingerprint density at radius 1 is 1.37 bits per heavy atom. The first kappa shape index (κ1) is 14.0. The Balaban J connectivity index is 2.19. The third kappa shape index (κ3) is 3.78. The highest BCUT2D eigenvalue weighted by molar-refractivity contribution is 7.09. The van der Waals surface area contributed by atoms with Gasteiger partial charge in [0.05, 0.1) is 6.54 Å². The summed E-state index contributed by atoms with van der Waals surface area (Å²) in [6.45, 7) is 3.63. The molecule has 2 heterocycles. The number of hydrogen-bond donors (Lipinski definition) is 1. The summed E-state index contributed by atoms with van der Waals surface area (Å²) < 4.78 is 0. The highest BCUT2D eigenvalue weighted by atomic mass is 32.1. The van der Waals surface area contributed by atoms with Crippen LogP contribution in [0.4, 0.5) is 5.82 Å². The summed E-state index contributed by atoms with van der Waals surface area (Å²) in [5, 5.41) is 2.11. The molecule has 2 N–H and O–H groups in total. The van der Waals surface area contributed by atoms with E-state index in [2.05, 4.69) is 48.5 Å². The molecule has 4 heteroatoms. The van der Waals surface area contributed by atoms with Crippen LogP contribution >= 0.6 is 11.3 Å². The van der Waals surface area contributed by atoms with Crippen molar-refractivity contribution < 1.29 is 0 Å². The number of nitrogens with two attached hydrogens (primary N) is 1. The number of rotatable bonds is 6. The molecule has 0 aliphatic rings. The van der Waals surface area contributed by atoms with Crippen molar-refractivity contribution in [2.75, 3.05) is 11.9 Å². The predicted octanol–water partition coefficient (Wildman–Crippen LogP) is 3.19. The summed E-state index contributed by atoms with van der Waals surface area (Å²) in [4.78, 5) is 8.26. The van der Waals surface area contributed by atoms with E-state index in [4.69, 9.17) is 10.7 Å². The lowest BCUT2D eigenvalue weighted by molar-refractivity contribution is 0.846. The van der Waals surface area contributed by atoms with E-state index in [0.717, 1.165) is 36.5 Å². The quantitative estimate of drug-likeness (QED) is 0.880. The van der Waals surface area contributed by atoms with Crippen molar-refractivity contribution in [1.29, 1.82) is 0 Å². The third-order valence-corrected chi connectivity index (χ3v) is 3.89. The van der Waals surface area contributed by atoms with Crippen LogP contribution in [0.3, 0.4) is 0 Å². The summed E-state index contributed by atoms with van der Waals surface area (Å²) >= 11 is 1.78. The van der Waals surface area contributed by atoms with Crippen molar-refractivity contribution in [3.63, 3.8) is 0 Å². The van der Waals surface area contributed by atoms with E-state index in [1.165, 1.54) is 4.88 Å². The summed E-state index contributed by atoms with van der Waals surface area (Å²) in [6.07, 6.45) is 2.11. The van der Waals surface area contributed by atoms with Crippen molar-refractivity contribution in [2.24, 2.45) is 5.73 Å². The maximum Gasteiger partial charge on any atom is 0.129 e. The van der Waals surface area contributed by atoms with E-state index >= 15 is 0 Å². The Morgan fingerprint density at radius 3 is 2.84 bits per heavy atom. The molecule has 2 aromatic rings. The van der Waals surface area contributed by atoms with E-state index in [9.17, 15) is 0 Å². The van der Waals surface area contributed by atoms with E-state index in [-0.39, 0.29) is 0 Å². The van der Waals surface area contributed by atoms with Crippen molar-refractivity contribution in [1.82, 2.24) is 4.98 Å². The molecule has 0 spiro atoms. The van der Waals surface area contributed by atoms with Crippen LogP contribution < -0.4 is 10.6 Å². The van der Waals surface area contributed by atoms with E-state index < -0.39 is 0 Å². The van der Waals surface area contributed by atoms with Gasteiger partial charge in [0.25, 0.3) is 0 Å². The standard InChI is InChI=1S/C15H21N3S/c1-3-5-13-8-12(10-16)9-15(17-13)18(2)11-14-6-4-7-19-14/h4,6-9H,3,5,10-11,16H2,1-2H3. The van der Waals surface area contributed by atoms with Crippen molar-refractivity contribution in [3.8, 4) is 0 Å². The van der Waals surface area contributed by atoms with Gasteiger partial charge < -0.3 is 10.6 Å². The molecule has 0 aromatic carbocycles. The van der Waals surface area contributed by atoms with Gasteiger partial charge >= 0.3 is 0 Å². The Labute approximate surface area is 119 Å². The van der Waals surface area contributed by atoms with Gasteiger partial charge in [-0.25, -0.2) is 4.98 Å². The molecule has 0 atom stereocenters. The number of hydrogen-bond acceptors (Lipinski definition) is 4. The van der Waals surface area contributed by atoms with Crippen LogP contribution in [0.1, 0.15) is 29.5 Å². The number of aryl methyl sites for hydroxylation is 1. The zero-order valence-electron chi connectivity index (χ0n) is 11.6. The van der Waals surface area contributed by atoms with Gasteiger partial charge in [-0.2, -0.15) is 0 Å². The second-order valence-electron chi connectivity index (χ2n) is 4.71. The maximum absolute atomic E-state index is 5.78. The highest BCUT2D eigenvalue weighted by Crippen LogP contribution is 2.19. The van der Waals surface area contributed by atoms with Gasteiger partial charge in [0.15, 0.2) is 0 Å². The Hall–Kier alpha value is -1.39. The molecule has 0 unspecified atom stereocenters. The minimum atomic E-state index is 0.569. The second kappa shape index (κ2) is 6.68. The van der Waals surface area contributed by atoms with E-state index in [1.807, 2.05) is 0 Å². The summed E-state index contributed by atoms with van der Waals surface area (Å²) in [5.74, 6) is 1.01. The van der Waals surface area contributed by atoms with Crippen LogP contribution in [0.15, 0.2) is 29.6 Å².